The first-order chi connectivity index (χ1) is 18.6. The van der Waals surface area contributed by atoms with Crippen molar-refractivity contribution in [1.82, 2.24) is 4.98 Å². The van der Waals surface area contributed by atoms with E-state index in [1.807, 2.05) is 31.3 Å². The highest BCUT2D eigenvalue weighted by Gasteiger charge is 2.15. The minimum atomic E-state index is -0.338. The predicted octanol–water partition coefficient (Wildman–Crippen LogP) is 8.58. The van der Waals surface area contributed by atoms with E-state index in [9.17, 15) is 4.79 Å². The molecule has 7 heteroatoms. The van der Waals surface area contributed by atoms with Crippen molar-refractivity contribution in [3.05, 3.63) is 100 Å². The maximum Gasteiger partial charge on any atom is 0.347 e. The van der Waals surface area contributed by atoms with Crippen LogP contribution in [-0.4, -0.2) is 18.0 Å². The highest BCUT2D eigenvalue weighted by Crippen LogP contribution is 2.33. The molecule has 3 aromatic carbocycles. The number of hydrogen-bond acceptors (Lipinski definition) is 6. The van der Waals surface area contributed by atoms with Gasteiger partial charge in [0.25, 0.3) is 0 Å². The fourth-order valence-electron chi connectivity index (χ4n) is 4.91. The molecule has 4 aromatic rings. The van der Waals surface area contributed by atoms with Crippen LogP contribution in [0.3, 0.4) is 0 Å². The molecule has 5 rings (SSSR count). The molecule has 0 amide bonds. The van der Waals surface area contributed by atoms with Crippen LogP contribution < -0.4 is 9.64 Å². The van der Waals surface area contributed by atoms with Gasteiger partial charge in [0.1, 0.15) is 12.4 Å². The molecule has 0 spiro atoms. The van der Waals surface area contributed by atoms with Crippen LogP contribution in [-0.2, 0) is 16.2 Å². The van der Waals surface area contributed by atoms with Crippen molar-refractivity contribution in [1.29, 1.82) is 0 Å². The smallest absolute Gasteiger partial charge is 0.347 e. The van der Waals surface area contributed by atoms with Gasteiger partial charge in [-0.05, 0) is 71.8 Å². The predicted molar refractivity (Wildman–Crippen MR) is 162 cm³/mol. The molecule has 0 atom stereocenters. The zero-order valence-electron chi connectivity index (χ0n) is 21.4. The van der Waals surface area contributed by atoms with Crippen LogP contribution in [0, 0.1) is 0 Å². The fourth-order valence-corrected chi connectivity index (χ4v) is 5.97. The van der Waals surface area contributed by atoms with E-state index in [1.165, 1.54) is 43.2 Å². The molecule has 1 aliphatic carbocycles. The van der Waals surface area contributed by atoms with Crippen LogP contribution in [0.1, 0.15) is 65.1 Å². The van der Waals surface area contributed by atoms with Crippen molar-refractivity contribution in [3.8, 4) is 17.0 Å². The molecule has 0 saturated heterocycles. The van der Waals surface area contributed by atoms with Crippen molar-refractivity contribution in [3.63, 3.8) is 0 Å². The third-order valence-corrected chi connectivity index (χ3v) is 8.46. The molecule has 5 nitrogen and oxygen atoms in total. The summed E-state index contributed by atoms with van der Waals surface area (Å²) in [6, 6.07) is 24.6. The summed E-state index contributed by atoms with van der Waals surface area (Å²) in [5.41, 5.74) is 6.32. The molecule has 0 bridgehead atoms. The Morgan fingerprint density at radius 1 is 0.947 bits per heavy atom. The average Bonchev–Trinajstić information content (AvgIpc) is 3.48. The Morgan fingerprint density at radius 2 is 1.63 bits per heavy atom. The molecule has 1 heterocycles. The number of aromatic nitrogens is 1. The van der Waals surface area contributed by atoms with Crippen molar-refractivity contribution < 1.29 is 12.6 Å². The lowest BCUT2D eigenvalue weighted by molar-refractivity contribution is 0.0800. The summed E-state index contributed by atoms with van der Waals surface area (Å²) in [7, 11) is 2.02. The van der Waals surface area contributed by atoms with Crippen LogP contribution in [0.15, 0.2) is 78.2 Å². The number of halogens is 1. The van der Waals surface area contributed by atoms with Crippen LogP contribution >= 0.6 is 34.3 Å². The van der Waals surface area contributed by atoms with Gasteiger partial charge < -0.3 is 12.7 Å². The Bertz CT molecular complexity index is 1330. The molecule has 196 valence electrons. The first kappa shape index (κ1) is 26.7. The van der Waals surface area contributed by atoms with Crippen LogP contribution in [0.2, 0.25) is 0 Å². The number of ether oxygens (including phenoxy) is 1. The van der Waals surface area contributed by atoms with E-state index in [2.05, 4.69) is 46.7 Å². The Morgan fingerprint density at radius 3 is 2.32 bits per heavy atom. The number of hydrogen-bond donors (Lipinski definition) is 0. The molecule has 0 aliphatic heterocycles. The lowest BCUT2D eigenvalue weighted by Crippen LogP contribution is -2.16. The van der Waals surface area contributed by atoms with Gasteiger partial charge in [0.05, 0.1) is 11.3 Å². The monoisotopic (exact) mass is 638 g/mol. The zero-order valence-corrected chi connectivity index (χ0v) is 24.4. The lowest BCUT2D eigenvalue weighted by atomic mass is 9.84. The summed E-state index contributed by atoms with van der Waals surface area (Å²) in [5.74, 6) is 1.25. The van der Waals surface area contributed by atoms with Crippen LogP contribution in [0.25, 0.3) is 11.3 Å². The van der Waals surface area contributed by atoms with E-state index in [4.69, 9.17) is 12.8 Å². The minimum Gasteiger partial charge on any atom is -0.489 e. The largest absolute Gasteiger partial charge is 0.489 e. The molecular weight excluding hydrogens is 607 g/mol. The molecular formula is C31H31IN2O3S. The summed E-state index contributed by atoms with van der Waals surface area (Å²) >= 11 is 3.22. The highest BCUT2D eigenvalue weighted by atomic mass is 127. The summed E-state index contributed by atoms with van der Waals surface area (Å²) in [4.78, 5) is 18.6. The number of anilines is 1. The minimum absolute atomic E-state index is 0.338. The fraction of sp³-hybridized carbons (Fsp3) is 0.290. The van der Waals surface area contributed by atoms with Gasteiger partial charge >= 0.3 is 5.97 Å². The first-order valence-electron chi connectivity index (χ1n) is 13.0. The molecule has 38 heavy (non-hydrogen) atoms. The number of thiazole rings is 1. The second-order valence-electron chi connectivity index (χ2n) is 9.82. The van der Waals surface area contributed by atoms with Gasteiger partial charge in [-0.2, -0.15) is 0 Å². The molecule has 1 aromatic heterocycles. The summed E-state index contributed by atoms with van der Waals surface area (Å²) in [6.45, 7) is 1.26. The van der Waals surface area contributed by atoms with Gasteiger partial charge in [0, 0.05) is 24.5 Å². The second-order valence-corrected chi connectivity index (χ2v) is 11.1. The van der Waals surface area contributed by atoms with Crippen LogP contribution in [0.5, 0.6) is 5.75 Å². The van der Waals surface area contributed by atoms with Crippen molar-refractivity contribution in [2.45, 2.75) is 51.2 Å². The Kier molecular flexibility index (Phi) is 8.96. The van der Waals surface area contributed by atoms with Gasteiger partial charge in [-0.25, -0.2) is 9.78 Å². The van der Waals surface area contributed by atoms with Gasteiger partial charge in [-0.1, -0.05) is 55.7 Å². The quantitative estimate of drug-likeness (QED) is 0.172. The third-order valence-electron chi connectivity index (χ3n) is 7.11. The number of rotatable bonds is 9. The number of carbonyl (C=O) groups excluding carboxylic acids is 1. The number of carbonyl (C=O) groups is 1. The zero-order chi connectivity index (χ0) is 26.3. The normalized spacial score (nSPS) is 13.7. The summed E-state index contributed by atoms with van der Waals surface area (Å²) in [5, 5.41) is 3.02. The maximum atomic E-state index is 11.6. The van der Waals surface area contributed by atoms with Gasteiger partial charge in [0.15, 0.2) is 28.1 Å². The molecule has 0 N–H and O–H groups in total. The van der Waals surface area contributed by atoms with Gasteiger partial charge in [0.2, 0.25) is 0 Å². The SMILES string of the molecule is CN(Cc1ccc(C(=O)OI)cc1)c1nc(-c2ccc(OCc3ccc(C4CCCCC4)cc3)cc2)cs1. The van der Waals surface area contributed by atoms with Crippen molar-refractivity contribution in [2.24, 2.45) is 0 Å². The highest BCUT2D eigenvalue weighted by molar-refractivity contribution is 14.1. The Balaban J connectivity index is 1.14. The standard InChI is InChI=1S/C31H31IN2O3S/c1-34(19-22-7-13-27(14-8-22)30(35)37-32)31-33-29(21-38-31)26-15-17-28(18-16-26)36-20-23-9-11-25(12-10-23)24-5-3-2-4-6-24/h7-18,21,24H,2-6,19-20H2,1H3. The second kappa shape index (κ2) is 12.8. The first-order valence-corrected chi connectivity index (χ1v) is 14.8. The maximum absolute atomic E-state index is 11.6. The molecule has 0 radical (unpaired) electrons. The summed E-state index contributed by atoms with van der Waals surface area (Å²) in [6.07, 6.45) is 6.75. The van der Waals surface area contributed by atoms with E-state index in [0.29, 0.717) is 18.7 Å². The number of nitrogens with zero attached hydrogens (tertiary/aromatic N) is 2. The molecule has 0 unspecified atom stereocenters. The van der Waals surface area contributed by atoms with E-state index in [0.717, 1.165) is 33.6 Å². The third kappa shape index (κ3) is 6.74. The van der Waals surface area contributed by atoms with Crippen LogP contribution in [0.4, 0.5) is 5.13 Å². The Labute approximate surface area is 242 Å². The number of benzene rings is 3. The van der Waals surface area contributed by atoms with Gasteiger partial charge in [-0.15, -0.1) is 11.3 Å². The lowest BCUT2D eigenvalue weighted by Gasteiger charge is -2.22. The summed E-state index contributed by atoms with van der Waals surface area (Å²) < 4.78 is 10.8. The van der Waals surface area contributed by atoms with Gasteiger partial charge in [-0.3, -0.25) is 0 Å². The van der Waals surface area contributed by atoms with E-state index in [-0.39, 0.29) is 5.97 Å². The van der Waals surface area contributed by atoms with Crippen molar-refractivity contribution >= 4 is 45.4 Å². The average molecular weight is 639 g/mol. The topological polar surface area (TPSA) is 51.7 Å². The van der Waals surface area contributed by atoms with E-state index in [1.54, 1.807) is 46.5 Å². The molecule has 1 fully saturated rings. The molecule has 1 saturated carbocycles. The molecule has 1 aliphatic rings. The van der Waals surface area contributed by atoms with Crippen molar-refractivity contribution in [2.75, 3.05) is 11.9 Å². The Hall–Kier alpha value is -2.91. The van der Waals surface area contributed by atoms with E-state index < -0.39 is 0 Å². The van der Waals surface area contributed by atoms with E-state index >= 15 is 0 Å².